The first kappa shape index (κ1) is 11.5. The molecule has 88 valence electrons. The Morgan fingerprint density at radius 3 is 2.76 bits per heavy atom. The molecule has 0 radical (unpaired) electrons. The number of aromatic nitrogens is 2. The maximum Gasteiger partial charge on any atom is 0.320 e. The fraction of sp³-hybridized carbons (Fsp3) is 0.182. The number of carbonyl (C=O) groups is 1. The zero-order chi connectivity index (χ0) is 12.1. The van der Waals surface area contributed by atoms with Crippen molar-refractivity contribution in [1.82, 2.24) is 14.9 Å². The molecule has 5 nitrogen and oxygen atoms in total. The largest absolute Gasteiger partial charge is 0.331 e. The van der Waals surface area contributed by atoms with Gasteiger partial charge in [0.15, 0.2) is 0 Å². The van der Waals surface area contributed by atoms with Crippen LogP contribution in [0.2, 0.25) is 0 Å². The summed E-state index contributed by atoms with van der Waals surface area (Å²) in [4.78, 5) is 11.6. The summed E-state index contributed by atoms with van der Waals surface area (Å²) in [5.41, 5.74) is 1.06. The van der Waals surface area contributed by atoms with Crippen LogP contribution in [0.3, 0.4) is 0 Å². The number of rotatable bonds is 3. The Balaban J connectivity index is 1.91. The zero-order valence-corrected chi connectivity index (χ0v) is 10.1. The van der Waals surface area contributed by atoms with Crippen molar-refractivity contribution in [3.8, 4) is 0 Å². The highest BCUT2D eigenvalue weighted by Gasteiger charge is 2.09. The molecule has 0 saturated carbocycles. The summed E-state index contributed by atoms with van der Waals surface area (Å²) < 4.78 is 3.66. The number of nitrogens with one attached hydrogen (secondary N) is 2. The van der Waals surface area contributed by atoms with Gasteiger partial charge >= 0.3 is 6.03 Å². The van der Waals surface area contributed by atoms with E-state index in [9.17, 15) is 4.79 Å². The maximum absolute atomic E-state index is 11.6. The first-order chi connectivity index (χ1) is 8.25. The molecule has 2 rings (SSSR count). The number of anilines is 1. The van der Waals surface area contributed by atoms with Crippen molar-refractivity contribution in [3.05, 3.63) is 42.1 Å². The number of amides is 2. The van der Waals surface area contributed by atoms with Crippen molar-refractivity contribution < 1.29 is 4.79 Å². The molecule has 0 saturated heterocycles. The molecule has 1 heterocycles. The minimum absolute atomic E-state index is 0.0444. The summed E-state index contributed by atoms with van der Waals surface area (Å²) in [6, 6.07) is 9.47. The van der Waals surface area contributed by atoms with E-state index in [-0.39, 0.29) is 12.1 Å². The molecule has 0 unspecified atom stereocenters. The third-order valence-electron chi connectivity index (χ3n) is 2.25. The van der Waals surface area contributed by atoms with Gasteiger partial charge in [-0.25, -0.2) is 4.79 Å². The first-order valence-corrected chi connectivity index (χ1v) is 5.93. The van der Waals surface area contributed by atoms with Crippen LogP contribution < -0.4 is 10.6 Å². The van der Waals surface area contributed by atoms with E-state index in [1.165, 1.54) is 6.20 Å². The average molecular weight is 248 g/mol. The predicted molar refractivity (Wildman–Crippen MR) is 66.9 cm³/mol. The minimum Gasteiger partial charge on any atom is -0.331 e. The van der Waals surface area contributed by atoms with Gasteiger partial charge < -0.3 is 5.32 Å². The zero-order valence-electron chi connectivity index (χ0n) is 9.25. The molecule has 2 amide bonds. The van der Waals surface area contributed by atoms with Gasteiger partial charge in [0.1, 0.15) is 5.00 Å². The van der Waals surface area contributed by atoms with Gasteiger partial charge in [0.05, 0.1) is 12.2 Å². The van der Waals surface area contributed by atoms with Crippen molar-refractivity contribution in [1.29, 1.82) is 0 Å². The third kappa shape index (κ3) is 3.25. The Morgan fingerprint density at radius 2 is 2.12 bits per heavy atom. The van der Waals surface area contributed by atoms with E-state index in [0.717, 1.165) is 17.1 Å². The molecule has 0 spiro atoms. The van der Waals surface area contributed by atoms with Gasteiger partial charge in [-0.15, -0.1) is 5.10 Å². The summed E-state index contributed by atoms with van der Waals surface area (Å²) in [7, 11) is 0. The SMILES string of the molecule is C[C@@H](NC(=O)Nc1cnns1)c1ccccc1. The number of hydrogen-bond acceptors (Lipinski definition) is 4. The Hall–Kier alpha value is -1.95. The Morgan fingerprint density at radius 1 is 1.35 bits per heavy atom. The second kappa shape index (κ2) is 5.40. The maximum atomic E-state index is 11.6. The molecule has 2 aromatic rings. The highest BCUT2D eigenvalue weighted by atomic mass is 32.1. The van der Waals surface area contributed by atoms with E-state index >= 15 is 0 Å². The van der Waals surface area contributed by atoms with E-state index in [4.69, 9.17) is 0 Å². The molecule has 0 aliphatic heterocycles. The van der Waals surface area contributed by atoms with Gasteiger partial charge in [-0.05, 0) is 12.5 Å². The van der Waals surface area contributed by atoms with Gasteiger partial charge in [-0.1, -0.05) is 34.8 Å². The van der Waals surface area contributed by atoms with Crippen molar-refractivity contribution in [3.63, 3.8) is 0 Å². The molecule has 1 atom stereocenters. The highest BCUT2D eigenvalue weighted by Crippen LogP contribution is 2.12. The van der Waals surface area contributed by atoms with Crippen LogP contribution in [0.1, 0.15) is 18.5 Å². The van der Waals surface area contributed by atoms with Crippen molar-refractivity contribution >= 4 is 22.6 Å². The van der Waals surface area contributed by atoms with E-state index in [1.54, 1.807) is 0 Å². The quantitative estimate of drug-likeness (QED) is 0.876. The molecule has 1 aromatic carbocycles. The summed E-state index contributed by atoms with van der Waals surface area (Å²) in [5, 5.41) is 9.77. The van der Waals surface area contributed by atoms with Crippen LogP contribution in [0.15, 0.2) is 36.5 Å². The molecule has 17 heavy (non-hydrogen) atoms. The number of carbonyl (C=O) groups excluding carboxylic acids is 1. The second-order valence-electron chi connectivity index (χ2n) is 3.51. The second-order valence-corrected chi connectivity index (χ2v) is 4.30. The van der Waals surface area contributed by atoms with E-state index in [2.05, 4.69) is 20.2 Å². The fourth-order valence-electron chi connectivity index (χ4n) is 1.39. The lowest BCUT2D eigenvalue weighted by Gasteiger charge is -2.13. The lowest BCUT2D eigenvalue weighted by atomic mass is 10.1. The monoisotopic (exact) mass is 248 g/mol. The average Bonchev–Trinajstić information content (AvgIpc) is 2.82. The third-order valence-corrected chi connectivity index (χ3v) is 2.83. The van der Waals surface area contributed by atoms with E-state index in [0.29, 0.717) is 5.00 Å². The van der Waals surface area contributed by atoms with Crippen LogP contribution in [-0.2, 0) is 0 Å². The van der Waals surface area contributed by atoms with Crippen LogP contribution in [0.4, 0.5) is 9.80 Å². The lowest BCUT2D eigenvalue weighted by Crippen LogP contribution is -2.30. The molecular formula is C11H12N4OS. The van der Waals surface area contributed by atoms with Gasteiger partial charge in [0, 0.05) is 11.5 Å². The van der Waals surface area contributed by atoms with Crippen LogP contribution >= 0.6 is 11.5 Å². The molecule has 0 aliphatic rings. The van der Waals surface area contributed by atoms with E-state index in [1.807, 2.05) is 37.3 Å². The topological polar surface area (TPSA) is 66.9 Å². The summed E-state index contributed by atoms with van der Waals surface area (Å²) in [6.45, 7) is 1.93. The van der Waals surface area contributed by atoms with Gasteiger partial charge in [0.2, 0.25) is 0 Å². The summed E-state index contributed by atoms with van der Waals surface area (Å²) in [5.74, 6) is 0. The fourth-order valence-corrected chi connectivity index (χ4v) is 1.81. The summed E-state index contributed by atoms with van der Waals surface area (Å²) in [6.07, 6.45) is 1.51. The molecule has 0 fully saturated rings. The Kier molecular flexibility index (Phi) is 3.66. The van der Waals surface area contributed by atoms with Crippen LogP contribution in [0, 0.1) is 0 Å². The molecule has 1 aromatic heterocycles. The molecule has 0 aliphatic carbocycles. The predicted octanol–water partition coefficient (Wildman–Crippen LogP) is 2.42. The van der Waals surface area contributed by atoms with E-state index < -0.39 is 0 Å². The van der Waals surface area contributed by atoms with Crippen LogP contribution in [-0.4, -0.2) is 15.6 Å². The normalized spacial score (nSPS) is 11.8. The minimum atomic E-state index is -0.257. The standard InChI is InChI=1S/C11H12N4OS/c1-8(9-5-3-2-4-6-9)13-11(16)14-10-7-12-15-17-10/h2-8H,1H3,(H2,13,14,16)/t8-/m1/s1. The molecule has 6 heteroatoms. The number of hydrogen-bond donors (Lipinski definition) is 2. The van der Waals surface area contributed by atoms with Gasteiger partial charge in [-0.2, -0.15) is 0 Å². The Labute approximate surface area is 103 Å². The molecule has 2 N–H and O–H groups in total. The van der Waals surface area contributed by atoms with Crippen LogP contribution in [0.5, 0.6) is 0 Å². The van der Waals surface area contributed by atoms with Gasteiger partial charge in [-0.3, -0.25) is 5.32 Å². The molecular weight excluding hydrogens is 236 g/mol. The number of nitrogens with zero attached hydrogens (tertiary/aromatic N) is 2. The van der Waals surface area contributed by atoms with Crippen molar-refractivity contribution in [2.75, 3.05) is 5.32 Å². The molecule has 0 bridgehead atoms. The lowest BCUT2D eigenvalue weighted by molar-refractivity contribution is 0.249. The van der Waals surface area contributed by atoms with Gasteiger partial charge in [0.25, 0.3) is 0 Å². The van der Waals surface area contributed by atoms with Crippen molar-refractivity contribution in [2.45, 2.75) is 13.0 Å². The summed E-state index contributed by atoms with van der Waals surface area (Å²) >= 11 is 1.14. The Bertz CT molecular complexity index is 471. The van der Waals surface area contributed by atoms with Crippen molar-refractivity contribution in [2.24, 2.45) is 0 Å². The highest BCUT2D eigenvalue weighted by molar-refractivity contribution is 7.10. The number of benzene rings is 1. The number of urea groups is 1. The smallest absolute Gasteiger partial charge is 0.320 e. The first-order valence-electron chi connectivity index (χ1n) is 5.15. The van der Waals surface area contributed by atoms with Crippen LogP contribution in [0.25, 0.3) is 0 Å².